The summed E-state index contributed by atoms with van der Waals surface area (Å²) in [6, 6.07) is 4.85. The van der Waals surface area contributed by atoms with Gasteiger partial charge in [-0.3, -0.25) is 14.4 Å². The Morgan fingerprint density at radius 3 is 2.25 bits per heavy atom. The van der Waals surface area contributed by atoms with Crippen LogP contribution < -0.4 is 5.32 Å². The fourth-order valence-corrected chi connectivity index (χ4v) is 3.13. The largest absolute Gasteiger partial charge is 0.481 e. The van der Waals surface area contributed by atoms with Crippen molar-refractivity contribution in [1.29, 1.82) is 0 Å². The highest BCUT2D eigenvalue weighted by Crippen LogP contribution is 2.36. The summed E-state index contributed by atoms with van der Waals surface area (Å²) in [7, 11) is 0. The van der Waals surface area contributed by atoms with Crippen LogP contribution in [0.15, 0.2) is 18.2 Å². The van der Waals surface area contributed by atoms with Gasteiger partial charge in [-0.05, 0) is 31.9 Å². The van der Waals surface area contributed by atoms with Crippen LogP contribution in [-0.2, 0) is 14.4 Å². The molecule has 1 aliphatic rings. The minimum Gasteiger partial charge on any atom is -0.481 e. The smallest absolute Gasteiger partial charge is 0.307 e. The van der Waals surface area contributed by atoms with Crippen molar-refractivity contribution >= 4 is 46.7 Å². The molecule has 1 aromatic carbocycles. The Kier molecular flexibility index (Phi) is 6.07. The molecule has 6 nitrogen and oxygen atoms in total. The quantitative estimate of drug-likeness (QED) is 0.803. The van der Waals surface area contributed by atoms with Gasteiger partial charge >= 0.3 is 5.97 Å². The summed E-state index contributed by atoms with van der Waals surface area (Å²) < 4.78 is 0. The molecule has 2 rings (SSSR count). The number of likely N-dealkylation sites (N-methyl/N-ethyl adjacent to an activating group) is 1. The van der Waals surface area contributed by atoms with Crippen LogP contribution in [0.4, 0.5) is 5.69 Å². The maximum atomic E-state index is 12.4. The number of carboxylic acids is 1. The molecule has 1 aromatic rings. The lowest BCUT2D eigenvalue weighted by atomic mass is 9.73. The molecule has 0 bridgehead atoms. The average molecular weight is 373 g/mol. The normalized spacial score (nSPS) is 19.3. The van der Waals surface area contributed by atoms with E-state index >= 15 is 0 Å². The number of hydrogen-bond acceptors (Lipinski definition) is 3. The topological polar surface area (TPSA) is 86.7 Å². The second kappa shape index (κ2) is 7.85. The molecule has 0 heterocycles. The molecule has 0 saturated heterocycles. The molecule has 1 aliphatic carbocycles. The monoisotopic (exact) mass is 372 g/mol. The van der Waals surface area contributed by atoms with E-state index < -0.39 is 23.7 Å². The zero-order chi connectivity index (χ0) is 17.9. The third-order valence-electron chi connectivity index (χ3n) is 4.16. The Labute approximate surface area is 149 Å². The minimum atomic E-state index is -0.969. The summed E-state index contributed by atoms with van der Waals surface area (Å²) in [6.45, 7) is 1.87. The van der Waals surface area contributed by atoms with E-state index in [-0.39, 0.29) is 12.5 Å². The number of carbonyl (C=O) groups is 3. The molecule has 0 aliphatic heterocycles. The van der Waals surface area contributed by atoms with Gasteiger partial charge in [-0.25, -0.2) is 0 Å². The molecule has 130 valence electrons. The lowest BCUT2D eigenvalue weighted by molar-refractivity contribution is -0.156. The van der Waals surface area contributed by atoms with E-state index in [0.717, 1.165) is 0 Å². The minimum absolute atomic E-state index is 0.181. The molecule has 24 heavy (non-hydrogen) atoms. The molecule has 8 heteroatoms. The fraction of sp³-hybridized carbons (Fsp3) is 0.438. The van der Waals surface area contributed by atoms with E-state index in [1.165, 1.54) is 4.90 Å². The number of carboxylic acid groups (broad SMARTS) is 1. The summed E-state index contributed by atoms with van der Waals surface area (Å²) in [5, 5.41) is 12.3. The van der Waals surface area contributed by atoms with Gasteiger partial charge in [0.1, 0.15) is 0 Å². The van der Waals surface area contributed by atoms with Crippen molar-refractivity contribution in [2.45, 2.75) is 19.8 Å². The van der Waals surface area contributed by atoms with Crippen LogP contribution in [0.25, 0.3) is 0 Å². The lowest BCUT2D eigenvalue weighted by Gasteiger charge is -2.35. The Bertz CT molecular complexity index is 645. The van der Waals surface area contributed by atoms with Gasteiger partial charge in [0.25, 0.3) is 0 Å². The number of anilines is 1. The highest BCUT2D eigenvalue weighted by molar-refractivity contribution is 6.39. The molecule has 2 N–H and O–H groups in total. The Hall–Kier alpha value is -1.79. The summed E-state index contributed by atoms with van der Waals surface area (Å²) in [4.78, 5) is 37.0. The SMILES string of the molecule is CCN(CC(=O)Nc1c(Cl)cccc1Cl)C(=O)C1CCC1C(=O)O. The van der Waals surface area contributed by atoms with E-state index in [0.29, 0.717) is 35.1 Å². The third-order valence-corrected chi connectivity index (χ3v) is 4.79. The summed E-state index contributed by atoms with van der Waals surface area (Å²) in [5.41, 5.74) is 0.293. The van der Waals surface area contributed by atoms with Crippen LogP contribution in [0.5, 0.6) is 0 Å². The maximum Gasteiger partial charge on any atom is 0.307 e. The van der Waals surface area contributed by atoms with Crippen molar-refractivity contribution in [2.24, 2.45) is 11.8 Å². The predicted octanol–water partition coefficient (Wildman–Crippen LogP) is 2.89. The van der Waals surface area contributed by atoms with E-state index in [1.54, 1.807) is 25.1 Å². The average Bonchev–Trinajstić information content (AvgIpc) is 2.46. The number of rotatable bonds is 6. The molecule has 0 aromatic heterocycles. The standard InChI is InChI=1S/C16H18Cl2N2O4/c1-2-20(15(22)9-6-7-10(9)16(23)24)8-13(21)19-14-11(17)4-3-5-12(14)18/h3-5,9-10H,2,6-8H2,1H3,(H,19,21)(H,23,24). The van der Waals surface area contributed by atoms with Gasteiger partial charge in [-0.2, -0.15) is 0 Å². The van der Waals surface area contributed by atoms with Crippen LogP contribution in [0.2, 0.25) is 10.0 Å². The number of amides is 2. The first-order valence-corrected chi connectivity index (χ1v) is 8.36. The predicted molar refractivity (Wildman–Crippen MR) is 91.2 cm³/mol. The van der Waals surface area contributed by atoms with Gasteiger partial charge in [0.15, 0.2) is 0 Å². The van der Waals surface area contributed by atoms with Gasteiger partial charge in [-0.1, -0.05) is 29.3 Å². The van der Waals surface area contributed by atoms with Gasteiger partial charge in [0.2, 0.25) is 11.8 Å². The van der Waals surface area contributed by atoms with Crippen molar-refractivity contribution < 1.29 is 19.5 Å². The molecule has 1 saturated carbocycles. The first kappa shape index (κ1) is 18.5. The zero-order valence-corrected chi connectivity index (χ0v) is 14.6. The van der Waals surface area contributed by atoms with Crippen LogP contribution in [0.1, 0.15) is 19.8 Å². The van der Waals surface area contributed by atoms with E-state index in [2.05, 4.69) is 5.32 Å². The summed E-state index contributed by atoms with van der Waals surface area (Å²) >= 11 is 12.0. The number of halogens is 2. The van der Waals surface area contributed by atoms with Gasteiger partial charge < -0.3 is 15.3 Å². The van der Waals surface area contributed by atoms with E-state index in [1.807, 2.05) is 0 Å². The maximum absolute atomic E-state index is 12.4. The summed E-state index contributed by atoms with van der Waals surface area (Å²) in [6.07, 6.45) is 1.02. The lowest BCUT2D eigenvalue weighted by Crippen LogP contribution is -2.48. The Balaban J connectivity index is 2.01. The van der Waals surface area contributed by atoms with Crippen molar-refractivity contribution in [3.8, 4) is 0 Å². The number of aliphatic carboxylic acids is 1. The Morgan fingerprint density at radius 1 is 1.21 bits per heavy atom. The van der Waals surface area contributed by atoms with Crippen molar-refractivity contribution in [2.75, 3.05) is 18.4 Å². The number of benzene rings is 1. The number of nitrogens with zero attached hydrogens (tertiary/aromatic N) is 1. The zero-order valence-electron chi connectivity index (χ0n) is 13.1. The van der Waals surface area contributed by atoms with Crippen LogP contribution in [-0.4, -0.2) is 40.9 Å². The molecular weight excluding hydrogens is 355 g/mol. The first-order valence-electron chi connectivity index (χ1n) is 7.60. The van der Waals surface area contributed by atoms with Gasteiger partial charge in [-0.15, -0.1) is 0 Å². The second-order valence-electron chi connectivity index (χ2n) is 5.63. The first-order chi connectivity index (χ1) is 11.3. The summed E-state index contributed by atoms with van der Waals surface area (Å²) in [5.74, 6) is -2.93. The fourth-order valence-electron chi connectivity index (χ4n) is 2.64. The van der Waals surface area contributed by atoms with E-state index in [9.17, 15) is 14.4 Å². The molecule has 0 spiro atoms. The third kappa shape index (κ3) is 3.99. The van der Waals surface area contributed by atoms with Crippen molar-refractivity contribution in [1.82, 2.24) is 4.90 Å². The molecule has 2 atom stereocenters. The number of nitrogens with one attached hydrogen (secondary N) is 1. The van der Waals surface area contributed by atoms with Crippen LogP contribution >= 0.6 is 23.2 Å². The van der Waals surface area contributed by atoms with Crippen molar-refractivity contribution in [3.05, 3.63) is 28.2 Å². The Morgan fingerprint density at radius 2 is 1.79 bits per heavy atom. The van der Waals surface area contributed by atoms with Gasteiger partial charge in [0, 0.05) is 6.54 Å². The molecule has 2 amide bonds. The second-order valence-corrected chi connectivity index (χ2v) is 6.44. The molecule has 2 unspecified atom stereocenters. The van der Waals surface area contributed by atoms with Crippen LogP contribution in [0.3, 0.4) is 0 Å². The highest BCUT2D eigenvalue weighted by Gasteiger charge is 2.43. The number of hydrogen-bond donors (Lipinski definition) is 2. The van der Waals surface area contributed by atoms with Crippen molar-refractivity contribution in [3.63, 3.8) is 0 Å². The molecule has 0 radical (unpaired) electrons. The number of carbonyl (C=O) groups excluding carboxylic acids is 2. The highest BCUT2D eigenvalue weighted by atomic mass is 35.5. The molecule has 1 fully saturated rings. The number of para-hydroxylation sites is 1. The van der Waals surface area contributed by atoms with Gasteiger partial charge in [0.05, 0.1) is 34.1 Å². The molecular formula is C16H18Cl2N2O4. The van der Waals surface area contributed by atoms with Crippen LogP contribution in [0, 0.1) is 11.8 Å². The van der Waals surface area contributed by atoms with E-state index in [4.69, 9.17) is 28.3 Å².